The normalized spacial score (nSPS) is 24.4. The molecule has 0 spiro atoms. The van der Waals surface area contributed by atoms with Crippen molar-refractivity contribution >= 4 is 11.6 Å². The van der Waals surface area contributed by atoms with Crippen LogP contribution in [0.25, 0.3) is 0 Å². The fourth-order valence-electron chi connectivity index (χ4n) is 2.44. The van der Waals surface area contributed by atoms with E-state index in [9.17, 15) is 4.79 Å². The van der Waals surface area contributed by atoms with Crippen LogP contribution in [0.5, 0.6) is 0 Å². The fourth-order valence-corrected chi connectivity index (χ4v) is 2.44. The Balaban J connectivity index is 2.17. The Morgan fingerprint density at radius 1 is 1.39 bits per heavy atom. The maximum Gasteiger partial charge on any atom is 0.244 e. The van der Waals surface area contributed by atoms with Gasteiger partial charge in [0.05, 0.1) is 0 Å². The van der Waals surface area contributed by atoms with E-state index >= 15 is 0 Å². The van der Waals surface area contributed by atoms with E-state index in [0.29, 0.717) is 12.6 Å². The first-order valence-electron chi connectivity index (χ1n) is 6.41. The molecule has 1 fully saturated rings. The molecule has 1 saturated heterocycles. The highest BCUT2D eigenvalue weighted by molar-refractivity contribution is 5.88. The molecule has 98 valence electrons. The summed E-state index contributed by atoms with van der Waals surface area (Å²) < 4.78 is 0. The van der Waals surface area contributed by atoms with Crippen LogP contribution < -0.4 is 11.1 Å². The third-order valence-electron chi connectivity index (χ3n) is 3.66. The van der Waals surface area contributed by atoms with Crippen molar-refractivity contribution in [1.82, 2.24) is 4.90 Å². The predicted octanol–water partition coefficient (Wildman–Crippen LogP) is 1.44. The first kappa shape index (κ1) is 12.9. The second-order valence-corrected chi connectivity index (χ2v) is 5.25. The molecule has 0 aliphatic carbocycles. The molecular formula is C14H21N3O. The van der Waals surface area contributed by atoms with E-state index in [2.05, 4.69) is 24.1 Å². The second-order valence-electron chi connectivity index (χ2n) is 5.25. The number of primary amides is 1. The topological polar surface area (TPSA) is 58.4 Å². The van der Waals surface area contributed by atoms with Crippen LogP contribution in [0.1, 0.15) is 20.3 Å². The highest BCUT2D eigenvalue weighted by Gasteiger charge is 2.43. The molecule has 0 aromatic heterocycles. The van der Waals surface area contributed by atoms with Gasteiger partial charge in [-0.2, -0.15) is 0 Å². The molecule has 1 aromatic carbocycles. The Bertz CT molecular complexity index is 418. The van der Waals surface area contributed by atoms with Crippen molar-refractivity contribution in [3.8, 4) is 0 Å². The minimum absolute atomic E-state index is 0.269. The van der Waals surface area contributed by atoms with Gasteiger partial charge in [0.25, 0.3) is 0 Å². The molecule has 4 heteroatoms. The third kappa shape index (κ3) is 2.48. The van der Waals surface area contributed by atoms with E-state index in [1.54, 1.807) is 0 Å². The van der Waals surface area contributed by atoms with Crippen LogP contribution >= 0.6 is 0 Å². The highest BCUT2D eigenvalue weighted by Crippen LogP contribution is 2.27. The molecule has 0 saturated carbocycles. The van der Waals surface area contributed by atoms with Crippen LogP contribution in [-0.4, -0.2) is 35.5 Å². The summed E-state index contributed by atoms with van der Waals surface area (Å²) in [5, 5.41) is 3.32. The lowest BCUT2D eigenvalue weighted by Crippen LogP contribution is -2.53. The monoisotopic (exact) mass is 247 g/mol. The summed E-state index contributed by atoms with van der Waals surface area (Å²) in [5.74, 6) is -0.269. The fraction of sp³-hybridized carbons (Fsp3) is 0.500. The van der Waals surface area contributed by atoms with Gasteiger partial charge in [-0.05, 0) is 32.4 Å². The molecule has 0 radical (unpaired) electrons. The average Bonchev–Trinajstić information content (AvgIpc) is 2.76. The molecule has 1 aliphatic heterocycles. The largest absolute Gasteiger partial charge is 0.370 e. The van der Waals surface area contributed by atoms with Gasteiger partial charge in [-0.1, -0.05) is 18.2 Å². The van der Waals surface area contributed by atoms with Gasteiger partial charge in [-0.25, -0.2) is 0 Å². The van der Waals surface area contributed by atoms with Gasteiger partial charge in [0.15, 0.2) is 0 Å². The molecule has 1 heterocycles. The number of nitrogens with one attached hydrogen (secondary N) is 1. The Kier molecular flexibility index (Phi) is 3.57. The number of hydrogen-bond donors (Lipinski definition) is 2. The summed E-state index contributed by atoms with van der Waals surface area (Å²) in [5.41, 5.74) is 5.93. The number of anilines is 1. The molecule has 3 N–H and O–H groups in total. The molecule has 1 atom stereocenters. The standard InChI is InChI=1S/C14H21N3O/c1-11(2)17-9-8-14(10-17,13(15)18)16-12-6-4-3-5-7-12/h3-7,11,16H,8-10H2,1-2H3,(H2,15,18). The molecule has 1 amide bonds. The van der Waals surface area contributed by atoms with Gasteiger partial charge < -0.3 is 11.1 Å². The van der Waals surface area contributed by atoms with E-state index in [-0.39, 0.29) is 5.91 Å². The summed E-state index contributed by atoms with van der Waals surface area (Å²) in [6, 6.07) is 10.2. The Morgan fingerprint density at radius 2 is 2.06 bits per heavy atom. The highest BCUT2D eigenvalue weighted by atomic mass is 16.1. The predicted molar refractivity (Wildman–Crippen MR) is 73.3 cm³/mol. The van der Waals surface area contributed by atoms with E-state index in [0.717, 1.165) is 18.7 Å². The van der Waals surface area contributed by atoms with Gasteiger partial charge in [0.2, 0.25) is 5.91 Å². The molecular weight excluding hydrogens is 226 g/mol. The third-order valence-corrected chi connectivity index (χ3v) is 3.66. The number of nitrogens with two attached hydrogens (primary N) is 1. The summed E-state index contributed by atoms with van der Waals surface area (Å²) in [4.78, 5) is 14.1. The minimum atomic E-state index is -0.633. The van der Waals surface area contributed by atoms with Gasteiger partial charge in [-0.3, -0.25) is 9.69 Å². The first-order chi connectivity index (χ1) is 8.53. The Morgan fingerprint density at radius 3 is 2.56 bits per heavy atom. The zero-order chi connectivity index (χ0) is 13.2. The van der Waals surface area contributed by atoms with E-state index in [4.69, 9.17) is 5.73 Å². The van der Waals surface area contributed by atoms with Crippen molar-refractivity contribution < 1.29 is 4.79 Å². The zero-order valence-corrected chi connectivity index (χ0v) is 11.0. The van der Waals surface area contributed by atoms with Gasteiger partial charge in [0.1, 0.15) is 5.54 Å². The van der Waals surface area contributed by atoms with Crippen molar-refractivity contribution in [2.75, 3.05) is 18.4 Å². The SMILES string of the molecule is CC(C)N1CCC(Nc2ccccc2)(C(N)=O)C1. The number of benzene rings is 1. The van der Waals surface area contributed by atoms with Crippen LogP contribution in [0.2, 0.25) is 0 Å². The van der Waals surface area contributed by atoms with Gasteiger partial charge in [-0.15, -0.1) is 0 Å². The first-order valence-corrected chi connectivity index (χ1v) is 6.41. The van der Waals surface area contributed by atoms with Crippen LogP contribution in [0.4, 0.5) is 5.69 Å². The zero-order valence-electron chi connectivity index (χ0n) is 11.0. The van der Waals surface area contributed by atoms with Crippen LogP contribution in [-0.2, 0) is 4.79 Å². The summed E-state index contributed by atoms with van der Waals surface area (Å²) >= 11 is 0. The van der Waals surface area contributed by atoms with Crippen LogP contribution in [0.15, 0.2) is 30.3 Å². The lowest BCUT2D eigenvalue weighted by Gasteiger charge is -2.29. The number of carbonyl (C=O) groups excluding carboxylic acids is 1. The van der Waals surface area contributed by atoms with E-state index < -0.39 is 5.54 Å². The molecule has 18 heavy (non-hydrogen) atoms. The van der Waals surface area contributed by atoms with Gasteiger partial charge in [0, 0.05) is 24.8 Å². The van der Waals surface area contributed by atoms with Crippen molar-refractivity contribution in [2.45, 2.75) is 31.8 Å². The van der Waals surface area contributed by atoms with E-state index in [1.807, 2.05) is 30.3 Å². The Hall–Kier alpha value is -1.55. The lowest BCUT2D eigenvalue weighted by atomic mass is 9.97. The van der Waals surface area contributed by atoms with Crippen molar-refractivity contribution in [3.63, 3.8) is 0 Å². The van der Waals surface area contributed by atoms with Crippen molar-refractivity contribution in [1.29, 1.82) is 0 Å². The number of nitrogens with zero attached hydrogens (tertiary/aromatic N) is 1. The summed E-state index contributed by atoms with van der Waals surface area (Å²) in [6.45, 7) is 5.86. The molecule has 1 unspecified atom stereocenters. The molecule has 2 rings (SSSR count). The molecule has 1 aromatic rings. The summed E-state index contributed by atoms with van der Waals surface area (Å²) in [7, 11) is 0. The number of amides is 1. The van der Waals surface area contributed by atoms with Crippen LogP contribution in [0.3, 0.4) is 0 Å². The molecule has 1 aliphatic rings. The molecule has 0 bridgehead atoms. The van der Waals surface area contributed by atoms with Gasteiger partial charge >= 0.3 is 0 Å². The number of carbonyl (C=O) groups is 1. The number of hydrogen-bond acceptors (Lipinski definition) is 3. The van der Waals surface area contributed by atoms with Crippen molar-refractivity contribution in [2.24, 2.45) is 5.73 Å². The Labute approximate surface area is 108 Å². The van der Waals surface area contributed by atoms with Crippen LogP contribution in [0, 0.1) is 0 Å². The smallest absolute Gasteiger partial charge is 0.244 e. The second kappa shape index (κ2) is 4.98. The number of para-hydroxylation sites is 1. The maximum absolute atomic E-state index is 11.8. The number of likely N-dealkylation sites (tertiary alicyclic amines) is 1. The minimum Gasteiger partial charge on any atom is -0.370 e. The number of rotatable bonds is 4. The average molecular weight is 247 g/mol. The quantitative estimate of drug-likeness (QED) is 0.846. The summed E-state index contributed by atoms with van der Waals surface area (Å²) in [6.07, 6.45) is 0.759. The molecule has 4 nitrogen and oxygen atoms in total. The van der Waals surface area contributed by atoms with E-state index in [1.165, 1.54) is 0 Å². The lowest BCUT2D eigenvalue weighted by molar-refractivity contribution is -0.122. The van der Waals surface area contributed by atoms with Crippen molar-refractivity contribution in [3.05, 3.63) is 30.3 Å². The maximum atomic E-state index is 11.8.